The van der Waals surface area contributed by atoms with Crippen molar-refractivity contribution in [2.24, 2.45) is 0 Å². The van der Waals surface area contributed by atoms with Crippen molar-refractivity contribution in [2.45, 2.75) is 6.61 Å². The lowest BCUT2D eigenvalue weighted by Gasteiger charge is -2.11. The van der Waals surface area contributed by atoms with Gasteiger partial charge in [-0.15, -0.1) is 11.3 Å². The molecule has 1 aromatic heterocycles. The first kappa shape index (κ1) is 12.6. The van der Waals surface area contributed by atoms with E-state index in [1.165, 1.54) is 30.6 Å². The first-order chi connectivity index (χ1) is 8.61. The van der Waals surface area contributed by atoms with E-state index in [-0.39, 0.29) is 11.5 Å². The second-order valence-electron chi connectivity index (χ2n) is 3.31. The lowest BCUT2D eigenvalue weighted by Crippen LogP contribution is -2.03. The number of hydrogen-bond acceptors (Lipinski definition) is 5. The predicted molar refractivity (Wildman–Crippen MR) is 65.1 cm³/mol. The molecular formula is C11H10F2N2O2S. The van der Waals surface area contributed by atoms with Crippen molar-refractivity contribution < 1.29 is 18.3 Å². The van der Waals surface area contributed by atoms with Gasteiger partial charge >= 0.3 is 6.61 Å². The van der Waals surface area contributed by atoms with Crippen LogP contribution in [0.2, 0.25) is 0 Å². The Kier molecular flexibility index (Phi) is 3.61. The van der Waals surface area contributed by atoms with Gasteiger partial charge in [-0.25, -0.2) is 4.98 Å². The molecule has 0 amide bonds. The van der Waals surface area contributed by atoms with Gasteiger partial charge in [0, 0.05) is 5.56 Å². The van der Waals surface area contributed by atoms with Crippen LogP contribution in [0.15, 0.2) is 23.7 Å². The molecule has 1 aromatic carbocycles. The summed E-state index contributed by atoms with van der Waals surface area (Å²) in [7, 11) is 1.38. The fourth-order valence-electron chi connectivity index (χ4n) is 1.48. The van der Waals surface area contributed by atoms with Gasteiger partial charge in [-0.1, -0.05) is 0 Å². The molecule has 0 aliphatic carbocycles. The smallest absolute Gasteiger partial charge is 0.387 e. The Morgan fingerprint density at radius 3 is 2.67 bits per heavy atom. The molecule has 0 aliphatic rings. The highest BCUT2D eigenvalue weighted by molar-refractivity contribution is 7.14. The van der Waals surface area contributed by atoms with Crippen LogP contribution in [0.4, 0.5) is 13.8 Å². The second kappa shape index (κ2) is 5.18. The molecule has 0 spiro atoms. The zero-order valence-electron chi connectivity index (χ0n) is 9.39. The third kappa shape index (κ3) is 2.51. The lowest BCUT2D eigenvalue weighted by atomic mass is 10.1. The highest BCUT2D eigenvalue weighted by Crippen LogP contribution is 2.35. The molecule has 0 fully saturated rings. The van der Waals surface area contributed by atoms with Crippen molar-refractivity contribution >= 4 is 16.3 Å². The molecule has 4 nitrogen and oxygen atoms in total. The molecule has 18 heavy (non-hydrogen) atoms. The van der Waals surface area contributed by atoms with Gasteiger partial charge in [0.15, 0.2) is 11.5 Å². The Hall–Kier alpha value is -1.89. The molecule has 0 bridgehead atoms. The van der Waals surface area contributed by atoms with Gasteiger partial charge in [-0.3, -0.25) is 0 Å². The Bertz CT molecular complexity index is 546. The standard InChI is InChI=1S/C11H10F2N2O2S/c1-16-7-3-2-6(4-8(7)17-11(12)13)9-10(14)18-5-15-9/h2-5,11H,14H2,1H3. The number of anilines is 1. The Morgan fingerprint density at radius 2 is 2.11 bits per heavy atom. The number of methoxy groups -OCH3 is 1. The first-order valence-corrected chi connectivity index (χ1v) is 5.82. The van der Waals surface area contributed by atoms with Crippen molar-refractivity contribution in [3.8, 4) is 22.8 Å². The SMILES string of the molecule is COc1ccc(-c2ncsc2N)cc1OC(F)F. The molecule has 0 saturated carbocycles. The van der Waals surface area contributed by atoms with Gasteiger partial charge in [-0.2, -0.15) is 8.78 Å². The van der Waals surface area contributed by atoms with Crippen LogP contribution in [0, 0.1) is 0 Å². The molecule has 2 rings (SSSR count). The van der Waals surface area contributed by atoms with Crippen LogP contribution in [0.5, 0.6) is 11.5 Å². The van der Waals surface area contributed by atoms with E-state index in [9.17, 15) is 8.78 Å². The van der Waals surface area contributed by atoms with E-state index in [2.05, 4.69) is 9.72 Å². The van der Waals surface area contributed by atoms with Crippen LogP contribution in [0.3, 0.4) is 0 Å². The average molecular weight is 272 g/mol. The molecule has 0 radical (unpaired) electrons. The quantitative estimate of drug-likeness (QED) is 0.929. The maximum absolute atomic E-state index is 12.3. The first-order valence-electron chi connectivity index (χ1n) is 4.94. The van der Waals surface area contributed by atoms with E-state index in [1.807, 2.05) is 0 Å². The van der Waals surface area contributed by atoms with Crippen LogP contribution in [-0.2, 0) is 0 Å². The summed E-state index contributed by atoms with van der Waals surface area (Å²) in [4.78, 5) is 4.07. The summed E-state index contributed by atoms with van der Waals surface area (Å²) in [6, 6.07) is 4.64. The summed E-state index contributed by atoms with van der Waals surface area (Å²) in [6.07, 6.45) is 0. The van der Waals surface area contributed by atoms with E-state index < -0.39 is 6.61 Å². The second-order valence-corrected chi connectivity index (χ2v) is 4.20. The highest BCUT2D eigenvalue weighted by atomic mass is 32.1. The fraction of sp³-hybridized carbons (Fsp3) is 0.182. The summed E-state index contributed by atoms with van der Waals surface area (Å²) >= 11 is 1.28. The lowest BCUT2D eigenvalue weighted by molar-refractivity contribution is -0.0511. The number of nitrogens with zero attached hydrogens (tertiary/aromatic N) is 1. The number of hydrogen-bond donors (Lipinski definition) is 1. The maximum atomic E-state index is 12.3. The van der Waals surface area contributed by atoms with Crippen LogP contribution >= 0.6 is 11.3 Å². The number of rotatable bonds is 4. The molecule has 2 N–H and O–H groups in total. The van der Waals surface area contributed by atoms with Crippen molar-refractivity contribution in [2.75, 3.05) is 12.8 Å². The maximum Gasteiger partial charge on any atom is 0.387 e. The normalized spacial score (nSPS) is 10.7. The van der Waals surface area contributed by atoms with E-state index in [4.69, 9.17) is 10.5 Å². The Labute approximate surface area is 106 Å². The predicted octanol–water partition coefficient (Wildman–Crippen LogP) is 3.00. The summed E-state index contributed by atoms with van der Waals surface area (Å²) in [5.74, 6) is 0.185. The summed E-state index contributed by atoms with van der Waals surface area (Å²) in [5.41, 5.74) is 8.46. The van der Waals surface area contributed by atoms with Gasteiger partial charge in [0.05, 0.1) is 12.6 Å². The third-order valence-electron chi connectivity index (χ3n) is 2.25. The molecule has 0 aliphatic heterocycles. The van der Waals surface area contributed by atoms with Crippen molar-refractivity contribution in [3.63, 3.8) is 0 Å². The molecule has 96 valence electrons. The van der Waals surface area contributed by atoms with Crippen LogP contribution in [-0.4, -0.2) is 18.7 Å². The minimum atomic E-state index is -2.91. The van der Waals surface area contributed by atoms with E-state index in [1.54, 1.807) is 11.6 Å². The number of aromatic nitrogens is 1. The number of nitrogen functional groups attached to an aromatic ring is 1. The van der Waals surface area contributed by atoms with Crippen LogP contribution in [0.1, 0.15) is 0 Å². The number of thiazole rings is 1. The topological polar surface area (TPSA) is 57.4 Å². The molecule has 2 aromatic rings. The summed E-state index contributed by atoms with van der Waals surface area (Å²) in [5, 5.41) is 0.517. The zero-order valence-corrected chi connectivity index (χ0v) is 10.2. The highest BCUT2D eigenvalue weighted by Gasteiger charge is 2.14. The van der Waals surface area contributed by atoms with E-state index in [0.717, 1.165) is 0 Å². The van der Waals surface area contributed by atoms with Gasteiger partial charge in [0.1, 0.15) is 10.7 Å². The number of benzene rings is 1. The Balaban J connectivity index is 2.42. The molecule has 7 heteroatoms. The van der Waals surface area contributed by atoms with Crippen molar-refractivity contribution in [3.05, 3.63) is 23.7 Å². The summed E-state index contributed by atoms with van der Waals surface area (Å²) in [6.45, 7) is -2.91. The number of alkyl halides is 2. The monoisotopic (exact) mass is 272 g/mol. The third-order valence-corrected chi connectivity index (χ3v) is 2.91. The minimum Gasteiger partial charge on any atom is -0.493 e. The molecule has 0 saturated heterocycles. The molecule has 1 heterocycles. The van der Waals surface area contributed by atoms with Gasteiger partial charge in [0.2, 0.25) is 0 Å². The molecular weight excluding hydrogens is 262 g/mol. The van der Waals surface area contributed by atoms with Crippen molar-refractivity contribution in [1.82, 2.24) is 4.98 Å². The number of halogens is 2. The minimum absolute atomic E-state index is 0.0441. The average Bonchev–Trinajstić information content (AvgIpc) is 2.74. The van der Waals surface area contributed by atoms with Crippen LogP contribution < -0.4 is 15.2 Å². The zero-order chi connectivity index (χ0) is 13.1. The van der Waals surface area contributed by atoms with Crippen LogP contribution in [0.25, 0.3) is 11.3 Å². The number of nitrogens with two attached hydrogens (primary N) is 1. The largest absolute Gasteiger partial charge is 0.493 e. The van der Waals surface area contributed by atoms with E-state index >= 15 is 0 Å². The van der Waals surface area contributed by atoms with Crippen molar-refractivity contribution in [1.29, 1.82) is 0 Å². The van der Waals surface area contributed by atoms with E-state index in [0.29, 0.717) is 16.3 Å². The number of ether oxygens (including phenoxy) is 2. The molecule has 0 unspecified atom stereocenters. The van der Waals surface area contributed by atoms with Gasteiger partial charge < -0.3 is 15.2 Å². The molecule has 0 atom stereocenters. The summed E-state index contributed by atoms with van der Waals surface area (Å²) < 4.78 is 33.9. The Morgan fingerprint density at radius 1 is 1.33 bits per heavy atom. The van der Waals surface area contributed by atoms with Gasteiger partial charge in [-0.05, 0) is 18.2 Å². The fourth-order valence-corrected chi connectivity index (χ4v) is 2.04. The van der Waals surface area contributed by atoms with Gasteiger partial charge in [0.25, 0.3) is 0 Å².